The van der Waals surface area contributed by atoms with E-state index in [0.29, 0.717) is 10.7 Å². The molecule has 0 fully saturated rings. The molecule has 0 aliphatic carbocycles. The van der Waals surface area contributed by atoms with Crippen molar-refractivity contribution in [3.8, 4) is 0 Å². The summed E-state index contributed by atoms with van der Waals surface area (Å²) in [6, 6.07) is 5.93. The number of halogens is 2. The summed E-state index contributed by atoms with van der Waals surface area (Å²) in [4.78, 5) is 24.1. The van der Waals surface area contributed by atoms with Gasteiger partial charge in [-0.05, 0) is 37.3 Å². The van der Waals surface area contributed by atoms with Crippen molar-refractivity contribution in [2.75, 3.05) is 0 Å². The summed E-state index contributed by atoms with van der Waals surface area (Å²) in [5.74, 6) is -0.398. The van der Waals surface area contributed by atoms with Gasteiger partial charge in [-0.25, -0.2) is 0 Å². The molecule has 2 aromatic rings. The van der Waals surface area contributed by atoms with E-state index in [9.17, 15) is 9.59 Å². The van der Waals surface area contributed by atoms with E-state index in [0.717, 1.165) is 0 Å². The van der Waals surface area contributed by atoms with Gasteiger partial charge in [0.25, 0.3) is 11.5 Å². The molecule has 0 unspecified atom stereocenters. The number of hydrogen-bond acceptors (Lipinski definition) is 3. The highest BCUT2D eigenvalue weighted by Crippen LogP contribution is 2.22. The maximum Gasteiger partial charge on any atom is 0.265 e. The van der Waals surface area contributed by atoms with Crippen molar-refractivity contribution in [3.05, 3.63) is 60.7 Å². The lowest BCUT2D eigenvalue weighted by atomic mass is 10.2. The van der Waals surface area contributed by atoms with E-state index in [1.54, 1.807) is 13.0 Å². The highest BCUT2D eigenvalue weighted by molar-refractivity contribution is 7.71. The van der Waals surface area contributed by atoms with Gasteiger partial charge in [0.2, 0.25) is 0 Å². The van der Waals surface area contributed by atoms with E-state index in [-0.39, 0.29) is 20.9 Å². The molecule has 104 valence electrons. The second-order valence-corrected chi connectivity index (χ2v) is 5.44. The lowest BCUT2D eigenvalue weighted by molar-refractivity contribution is 0.0953. The summed E-state index contributed by atoms with van der Waals surface area (Å²) >= 11 is 17.0. The Kier molecular flexibility index (Phi) is 4.13. The van der Waals surface area contributed by atoms with Gasteiger partial charge in [-0.1, -0.05) is 23.2 Å². The molecule has 20 heavy (non-hydrogen) atoms. The molecule has 1 aromatic carbocycles. The van der Waals surface area contributed by atoms with Gasteiger partial charge in [0.1, 0.15) is 0 Å². The summed E-state index contributed by atoms with van der Waals surface area (Å²) < 4.78 is 2.61. The third-order valence-electron chi connectivity index (χ3n) is 2.86. The molecule has 0 aliphatic heterocycles. The third kappa shape index (κ3) is 2.57. The molecule has 1 heterocycles. The fourth-order valence-electron chi connectivity index (χ4n) is 1.77. The van der Waals surface area contributed by atoms with Crippen molar-refractivity contribution in [1.29, 1.82) is 0 Å². The number of rotatable bonds is 1. The van der Waals surface area contributed by atoms with Crippen LogP contribution < -0.4 is 5.56 Å². The predicted molar refractivity (Wildman–Crippen MR) is 81.4 cm³/mol. The number of aryl methyl sites for hydroxylation is 1. The molecule has 0 bridgehead atoms. The van der Waals surface area contributed by atoms with Crippen LogP contribution in [0.1, 0.15) is 16.1 Å². The van der Waals surface area contributed by atoms with E-state index >= 15 is 0 Å². The first kappa shape index (κ1) is 15.0. The van der Waals surface area contributed by atoms with Gasteiger partial charge in [0.05, 0.1) is 10.6 Å². The van der Waals surface area contributed by atoms with Crippen molar-refractivity contribution in [2.24, 2.45) is 7.05 Å². The number of benzene rings is 1. The van der Waals surface area contributed by atoms with Gasteiger partial charge in [-0.15, -0.1) is 0 Å². The first-order chi connectivity index (χ1) is 9.32. The number of nitrogens with zero attached hydrogens (tertiary/aromatic N) is 2. The molecular formula is C13H10Cl2N2O2S. The SMILES string of the molecule is Cc1cc(=O)n(C)c(=S)n1C(=O)c1ccc(Cl)cc1Cl. The van der Waals surface area contributed by atoms with E-state index in [4.69, 9.17) is 35.4 Å². The Balaban J connectivity index is 2.69. The standard InChI is InChI=1S/C13H10Cl2N2O2S/c1-7-5-11(18)16(2)13(20)17(7)12(19)9-4-3-8(14)6-10(9)15/h3-6H,1-2H3. The Labute approximate surface area is 130 Å². The summed E-state index contributed by atoms with van der Waals surface area (Å²) in [7, 11) is 1.51. The van der Waals surface area contributed by atoms with Crippen LogP contribution >= 0.6 is 35.4 Å². The number of carbonyl (C=O) groups is 1. The molecule has 0 atom stereocenters. The summed E-state index contributed by atoms with van der Waals surface area (Å²) in [5, 5.41) is 0.671. The lowest BCUT2D eigenvalue weighted by Gasteiger charge is -2.12. The first-order valence-electron chi connectivity index (χ1n) is 5.62. The Morgan fingerprint density at radius 1 is 1.25 bits per heavy atom. The molecule has 0 saturated carbocycles. The molecule has 0 N–H and O–H groups in total. The molecule has 0 radical (unpaired) electrons. The Bertz CT molecular complexity index is 824. The summed E-state index contributed by atoms with van der Waals surface area (Å²) in [6.07, 6.45) is 0. The maximum absolute atomic E-state index is 12.5. The zero-order valence-electron chi connectivity index (χ0n) is 10.7. The lowest BCUT2D eigenvalue weighted by Crippen LogP contribution is -2.27. The molecule has 0 spiro atoms. The van der Waals surface area contributed by atoms with Crippen LogP contribution in [0.15, 0.2) is 29.1 Å². The van der Waals surface area contributed by atoms with E-state index < -0.39 is 5.91 Å². The smallest absolute Gasteiger partial charge is 0.265 e. The number of aromatic nitrogens is 2. The third-order valence-corrected chi connectivity index (χ3v) is 3.86. The molecule has 1 aromatic heterocycles. The topological polar surface area (TPSA) is 44.0 Å². The van der Waals surface area contributed by atoms with Crippen molar-refractivity contribution < 1.29 is 4.79 Å². The minimum Gasteiger partial charge on any atom is -0.288 e. The van der Waals surface area contributed by atoms with Crippen LogP contribution in [0.5, 0.6) is 0 Å². The molecular weight excluding hydrogens is 319 g/mol. The maximum atomic E-state index is 12.5. The summed E-state index contributed by atoms with van der Waals surface area (Å²) in [6.45, 7) is 1.64. The van der Waals surface area contributed by atoms with Crippen LogP contribution in [0.25, 0.3) is 0 Å². The van der Waals surface area contributed by atoms with Gasteiger partial charge < -0.3 is 0 Å². The molecule has 0 aliphatic rings. The van der Waals surface area contributed by atoms with Crippen molar-refractivity contribution in [1.82, 2.24) is 9.13 Å². The largest absolute Gasteiger partial charge is 0.288 e. The normalized spacial score (nSPS) is 10.6. The van der Waals surface area contributed by atoms with Gasteiger partial charge in [-0.3, -0.25) is 18.7 Å². The average Bonchev–Trinajstić information content (AvgIpc) is 2.36. The fourth-order valence-corrected chi connectivity index (χ4v) is 2.57. The van der Waals surface area contributed by atoms with Crippen molar-refractivity contribution in [2.45, 2.75) is 6.92 Å². The molecule has 7 heteroatoms. The molecule has 2 rings (SSSR count). The second kappa shape index (κ2) is 5.52. The van der Waals surface area contributed by atoms with E-state index in [1.807, 2.05) is 0 Å². The highest BCUT2D eigenvalue weighted by Gasteiger charge is 2.16. The van der Waals surface area contributed by atoms with Crippen LogP contribution in [0.2, 0.25) is 10.0 Å². The zero-order chi connectivity index (χ0) is 15.0. The minimum atomic E-state index is -0.398. The van der Waals surface area contributed by atoms with Crippen LogP contribution in [-0.4, -0.2) is 15.0 Å². The van der Waals surface area contributed by atoms with Gasteiger partial charge in [0.15, 0.2) is 4.77 Å². The predicted octanol–water partition coefficient (Wildman–Crippen LogP) is 3.22. The van der Waals surface area contributed by atoms with Crippen LogP contribution in [0, 0.1) is 11.7 Å². The molecule has 0 amide bonds. The van der Waals surface area contributed by atoms with Crippen LogP contribution in [0.3, 0.4) is 0 Å². The van der Waals surface area contributed by atoms with Crippen LogP contribution in [0.4, 0.5) is 0 Å². The quantitative estimate of drug-likeness (QED) is 0.755. The van der Waals surface area contributed by atoms with Crippen molar-refractivity contribution >= 4 is 41.3 Å². The van der Waals surface area contributed by atoms with Crippen molar-refractivity contribution in [3.63, 3.8) is 0 Å². The van der Waals surface area contributed by atoms with E-state index in [1.165, 1.54) is 34.4 Å². The molecule has 0 saturated heterocycles. The highest BCUT2D eigenvalue weighted by atomic mass is 35.5. The Morgan fingerprint density at radius 3 is 2.50 bits per heavy atom. The van der Waals surface area contributed by atoms with Crippen LogP contribution in [-0.2, 0) is 7.05 Å². The fraction of sp³-hybridized carbons (Fsp3) is 0.154. The molecule has 4 nitrogen and oxygen atoms in total. The first-order valence-corrected chi connectivity index (χ1v) is 6.79. The van der Waals surface area contributed by atoms with Gasteiger partial charge in [-0.2, -0.15) is 0 Å². The van der Waals surface area contributed by atoms with E-state index in [2.05, 4.69) is 0 Å². The Morgan fingerprint density at radius 2 is 1.90 bits per heavy atom. The average molecular weight is 329 g/mol. The number of carbonyl (C=O) groups excluding carboxylic acids is 1. The van der Waals surface area contributed by atoms with Gasteiger partial charge in [0, 0.05) is 23.8 Å². The summed E-state index contributed by atoms with van der Waals surface area (Å²) in [5.41, 5.74) is 0.460. The minimum absolute atomic E-state index is 0.117. The number of hydrogen-bond donors (Lipinski definition) is 0. The van der Waals surface area contributed by atoms with Gasteiger partial charge >= 0.3 is 0 Å². The zero-order valence-corrected chi connectivity index (χ0v) is 13.0. The Hall–Kier alpha value is -1.43. The monoisotopic (exact) mass is 328 g/mol. The second-order valence-electron chi connectivity index (χ2n) is 4.23.